The first-order valence-electron chi connectivity index (χ1n) is 6.78. The molecule has 0 radical (unpaired) electrons. The number of hydrogen-bond donors (Lipinski definition) is 1. The Balaban J connectivity index is 1.90. The van der Waals surface area contributed by atoms with E-state index < -0.39 is 4.92 Å². The minimum atomic E-state index is -0.487. The predicted molar refractivity (Wildman–Crippen MR) is 85.5 cm³/mol. The summed E-state index contributed by atoms with van der Waals surface area (Å²) in [5, 5.41) is 14.5. The molecular weight excluding hydrogens is 298 g/mol. The molecule has 0 atom stereocenters. The van der Waals surface area contributed by atoms with E-state index in [1.807, 2.05) is 0 Å². The summed E-state index contributed by atoms with van der Waals surface area (Å²) in [7, 11) is 1.57. The molecule has 0 bridgehead atoms. The molecule has 0 fully saturated rings. The van der Waals surface area contributed by atoms with Gasteiger partial charge in [0.05, 0.1) is 24.7 Å². The molecule has 0 heterocycles. The van der Waals surface area contributed by atoms with Crippen molar-refractivity contribution >= 4 is 17.8 Å². The fourth-order valence-electron chi connectivity index (χ4n) is 1.87. The van der Waals surface area contributed by atoms with E-state index in [-0.39, 0.29) is 18.0 Å². The fourth-order valence-corrected chi connectivity index (χ4v) is 1.87. The Labute approximate surface area is 132 Å². The highest BCUT2D eigenvalue weighted by molar-refractivity contribution is 5.83. The number of rotatable bonds is 6. The number of carbonyl (C=O) groups excluding carboxylic acids is 1. The number of non-ortho nitro benzene ring substituents is 1. The van der Waals surface area contributed by atoms with Crippen molar-refractivity contribution in [2.24, 2.45) is 5.10 Å². The summed E-state index contributed by atoms with van der Waals surface area (Å²) in [6.45, 7) is 0. The molecule has 7 heteroatoms. The van der Waals surface area contributed by atoms with Crippen molar-refractivity contribution < 1.29 is 14.5 Å². The van der Waals surface area contributed by atoms with Gasteiger partial charge >= 0.3 is 0 Å². The molecule has 2 rings (SSSR count). The number of carbonyl (C=O) groups is 1. The third-order valence-corrected chi connectivity index (χ3v) is 3.01. The molecule has 1 N–H and O–H groups in total. The molecule has 0 spiro atoms. The highest BCUT2D eigenvalue weighted by Gasteiger charge is 2.05. The molecule has 0 aliphatic rings. The molecule has 0 saturated carbocycles. The lowest BCUT2D eigenvalue weighted by Crippen LogP contribution is -2.19. The van der Waals surface area contributed by atoms with Gasteiger partial charge in [-0.1, -0.05) is 24.3 Å². The van der Waals surface area contributed by atoms with Crippen molar-refractivity contribution in [1.29, 1.82) is 0 Å². The molecule has 0 unspecified atom stereocenters. The quantitative estimate of drug-likeness (QED) is 0.503. The third kappa shape index (κ3) is 4.92. The van der Waals surface area contributed by atoms with Gasteiger partial charge in [0.1, 0.15) is 5.75 Å². The average molecular weight is 313 g/mol. The van der Waals surface area contributed by atoms with Crippen LogP contribution in [0.1, 0.15) is 11.1 Å². The van der Waals surface area contributed by atoms with Crippen molar-refractivity contribution in [1.82, 2.24) is 5.43 Å². The van der Waals surface area contributed by atoms with Crippen molar-refractivity contribution in [3.8, 4) is 5.75 Å². The SMILES string of the molecule is COc1ccc(CC(=O)N/N=C/c2cccc([N+](=O)[O-])c2)cc1. The number of nitrogens with one attached hydrogen (secondary N) is 1. The Morgan fingerprint density at radius 3 is 2.70 bits per heavy atom. The van der Waals surface area contributed by atoms with Crippen LogP contribution in [0.25, 0.3) is 0 Å². The highest BCUT2D eigenvalue weighted by Crippen LogP contribution is 2.12. The Bertz CT molecular complexity index is 726. The number of hydrazone groups is 1. The second kappa shape index (κ2) is 7.69. The molecule has 23 heavy (non-hydrogen) atoms. The number of nitrogens with zero attached hydrogens (tertiary/aromatic N) is 2. The van der Waals surface area contributed by atoms with Gasteiger partial charge in [-0.2, -0.15) is 5.10 Å². The maximum atomic E-state index is 11.8. The van der Waals surface area contributed by atoms with Crippen molar-refractivity contribution in [3.05, 3.63) is 69.8 Å². The smallest absolute Gasteiger partial charge is 0.270 e. The minimum absolute atomic E-state index is 0.0292. The Morgan fingerprint density at radius 2 is 2.04 bits per heavy atom. The van der Waals surface area contributed by atoms with Gasteiger partial charge in [0.15, 0.2) is 0 Å². The Morgan fingerprint density at radius 1 is 1.30 bits per heavy atom. The summed E-state index contributed by atoms with van der Waals surface area (Å²) < 4.78 is 5.04. The maximum absolute atomic E-state index is 11.8. The summed E-state index contributed by atoms with van der Waals surface area (Å²) >= 11 is 0. The first-order chi connectivity index (χ1) is 11.1. The van der Waals surface area contributed by atoms with Gasteiger partial charge in [0, 0.05) is 17.7 Å². The van der Waals surface area contributed by atoms with E-state index in [4.69, 9.17) is 4.74 Å². The zero-order chi connectivity index (χ0) is 16.7. The molecule has 1 amide bonds. The molecule has 2 aromatic carbocycles. The summed E-state index contributed by atoms with van der Waals surface area (Å²) in [4.78, 5) is 21.9. The number of methoxy groups -OCH3 is 1. The lowest BCUT2D eigenvalue weighted by molar-refractivity contribution is -0.384. The molecule has 2 aromatic rings. The number of amides is 1. The van der Waals surface area contributed by atoms with Gasteiger partial charge < -0.3 is 4.74 Å². The standard InChI is InChI=1S/C16H15N3O4/c1-23-15-7-5-12(6-8-15)10-16(20)18-17-11-13-3-2-4-14(9-13)19(21)22/h2-9,11H,10H2,1H3,(H,18,20)/b17-11+. The summed E-state index contributed by atoms with van der Waals surface area (Å²) in [5.74, 6) is 0.440. The van der Waals surface area contributed by atoms with Gasteiger partial charge in [-0.05, 0) is 17.7 Å². The van der Waals surface area contributed by atoms with E-state index in [1.54, 1.807) is 43.5 Å². The summed E-state index contributed by atoms with van der Waals surface area (Å²) in [6, 6.07) is 13.1. The topological polar surface area (TPSA) is 93.8 Å². The van der Waals surface area contributed by atoms with Crippen LogP contribution in [0.15, 0.2) is 53.6 Å². The van der Waals surface area contributed by atoms with Crippen LogP contribution in [-0.4, -0.2) is 24.2 Å². The van der Waals surface area contributed by atoms with E-state index in [2.05, 4.69) is 10.5 Å². The van der Waals surface area contributed by atoms with E-state index in [0.29, 0.717) is 5.56 Å². The second-order valence-electron chi connectivity index (χ2n) is 4.67. The van der Waals surface area contributed by atoms with Gasteiger partial charge in [-0.15, -0.1) is 0 Å². The first-order valence-corrected chi connectivity index (χ1v) is 6.78. The molecule has 0 saturated heterocycles. The Hall–Kier alpha value is -3.22. The van der Waals surface area contributed by atoms with Gasteiger partial charge in [-0.25, -0.2) is 5.43 Å². The van der Waals surface area contributed by atoms with Crippen molar-refractivity contribution in [2.45, 2.75) is 6.42 Å². The zero-order valence-corrected chi connectivity index (χ0v) is 12.4. The number of nitro benzene ring substituents is 1. The summed E-state index contributed by atoms with van der Waals surface area (Å²) in [6.07, 6.45) is 1.54. The van der Waals surface area contributed by atoms with Crippen molar-refractivity contribution in [3.63, 3.8) is 0 Å². The van der Waals surface area contributed by atoms with E-state index >= 15 is 0 Å². The highest BCUT2D eigenvalue weighted by atomic mass is 16.6. The van der Waals surface area contributed by atoms with Crippen LogP contribution in [0.5, 0.6) is 5.75 Å². The van der Waals surface area contributed by atoms with Gasteiger partial charge in [0.25, 0.3) is 5.69 Å². The lowest BCUT2D eigenvalue weighted by atomic mass is 10.1. The number of nitro groups is 1. The monoisotopic (exact) mass is 313 g/mol. The zero-order valence-electron chi connectivity index (χ0n) is 12.4. The molecule has 0 aromatic heterocycles. The van der Waals surface area contributed by atoms with E-state index in [1.165, 1.54) is 18.3 Å². The molecular formula is C16H15N3O4. The lowest BCUT2D eigenvalue weighted by Gasteiger charge is -2.02. The Kier molecular flexibility index (Phi) is 5.40. The minimum Gasteiger partial charge on any atom is -0.497 e. The van der Waals surface area contributed by atoms with Gasteiger partial charge in [-0.3, -0.25) is 14.9 Å². The van der Waals surface area contributed by atoms with Crippen LogP contribution in [-0.2, 0) is 11.2 Å². The average Bonchev–Trinajstić information content (AvgIpc) is 2.56. The van der Waals surface area contributed by atoms with Crippen LogP contribution in [0.2, 0.25) is 0 Å². The second-order valence-corrected chi connectivity index (χ2v) is 4.67. The van der Waals surface area contributed by atoms with Crippen LogP contribution >= 0.6 is 0 Å². The van der Waals surface area contributed by atoms with E-state index in [9.17, 15) is 14.9 Å². The first kappa shape index (κ1) is 16.2. The number of ether oxygens (including phenoxy) is 1. The van der Waals surface area contributed by atoms with Crippen molar-refractivity contribution in [2.75, 3.05) is 7.11 Å². The maximum Gasteiger partial charge on any atom is 0.270 e. The number of hydrogen-bond acceptors (Lipinski definition) is 5. The largest absolute Gasteiger partial charge is 0.497 e. The number of benzene rings is 2. The molecule has 118 valence electrons. The van der Waals surface area contributed by atoms with Gasteiger partial charge in [0.2, 0.25) is 5.91 Å². The van der Waals surface area contributed by atoms with Crippen LogP contribution < -0.4 is 10.2 Å². The van der Waals surface area contributed by atoms with Crippen LogP contribution in [0.3, 0.4) is 0 Å². The van der Waals surface area contributed by atoms with Crippen LogP contribution in [0, 0.1) is 10.1 Å². The third-order valence-electron chi connectivity index (χ3n) is 3.01. The predicted octanol–water partition coefficient (Wildman–Crippen LogP) is 2.30. The molecule has 0 aliphatic heterocycles. The molecule has 0 aliphatic carbocycles. The normalized spacial score (nSPS) is 10.5. The summed E-state index contributed by atoms with van der Waals surface area (Å²) in [5.41, 5.74) is 3.72. The van der Waals surface area contributed by atoms with E-state index in [0.717, 1.165) is 11.3 Å². The van der Waals surface area contributed by atoms with Crippen LogP contribution in [0.4, 0.5) is 5.69 Å². The fraction of sp³-hybridized carbons (Fsp3) is 0.125. The molecule has 7 nitrogen and oxygen atoms in total.